The highest BCUT2D eigenvalue weighted by molar-refractivity contribution is 9.11. The van der Waals surface area contributed by atoms with E-state index < -0.39 is 0 Å². The maximum absolute atomic E-state index is 11.5. The standard InChI is InChI=1S/C10H7BrO2S/c1-13-10(12)8-6-4-2-3-5-7(6)14-9(8)11/h2-5H,1H3. The lowest BCUT2D eigenvalue weighted by Gasteiger charge is -1.97. The summed E-state index contributed by atoms with van der Waals surface area (Å²) in [5, 5.41) is 0.941. The van der Waals surface area contributed by atoms with Gasteiger partial charge < -0.3 is 4.74 Å². The number of halogens is 1. The van der Waals surface area contributed by atoms with Crippen molar-refractivity contribution in [2.24, 2.45) is 0 Å². The van der Waals surface area contributed by atoms with Crippen LogP contribution in [0, 0.1) is 0 Å². The average Bonchev–Trinajstić information content (AvgIpc) is 2.53. The summed E-state index contributed by atoms with van der Waals surface area (Å²) in [5.74, 6) is -0.297. The Bertz CT molecular complexity index is 490. The number of rotatable bonds is 1. The third kappa shape index (κ3) is 1.44. The van der Waals surface area contributed by atoms with Gasteiger partial charge in [-0.2, -0.15) is 0 Å². The Kier molecular flexibility index (Phi) is 2.56. The van der Waals surface area contributed by atoms with E-state index in [1.54, 1.807) is 0 Å². The Hall–Kier alpha value is -0.870. The Balaban J connectivity index is 2.74. The topological polar surface area (TPSA) is 26.3 Å². The number of hydrogen-bond donors (Lipinski definition) is 0. The highest BCUT2D eigenvalue weighted by Crippen LogP contribution is 2.35. The molecule has 2 aromatic rings. The second-order valence-corrected chi connectivity index (χ2v) is 5.11. The molecule has 0 aliphatic rings. The lowest BCUT2D eigenvalue weighted by Crippen LogP contribution is -2.00. The van der Waals surface area contributed by atoms with Gasteiger partial charge in [0.2, 0.25) is 0 Å². The summed E-state index contributed by atoms with van der Waals surface area (Å²) in [5.41, 5.74) is 0.619. The van der Waals surface area contributed by atoms with Crippen molar-refractivity contribution in [1.29, 1.82) is 0 Å². The number of methoxy groups -OCH3 is 1. The fourth-order valence-electron chi connectivity index (χ4n) is 1.31. The van der Waals surface area contributed by atoms with Crippen molar-refractivity contribution in [1.82, 2.24) is 0 Å². The van der Waals surface area contributed by atoms with E-state index in [-0.39, 0.29) is 5.97 Å². The number of carbonyl (C=O) groups is 1. The largest absolute Gasteiger partial charge is 0.465 e. The van der Waals surface area contributed by atoms with Crippen LogP contribution in [0.15, 0.2) is 28.1 Å². The van der Waals surface area contributed by atoms with Gasteiger partial charge >= 0.3 is 5.97 Å². The Morgan fingerprint density at radius 3 is 2.86 bits per heavy atom. The van der Waals surface area contributed by atoms with Gasteiger partial charge in [-0.1, -0.05) is 18.2 Å². The Morgan fingerprint density at radius 2 is 2.14 bits per heavy atom. The molecule has 1 aromatic carbocycles. The van der Waals surface area contributed by atoms with Gasteiger partial charge in [0.1, 0.15) is 0 Å². The van der Waals surface area contributed by atoms with Crippen LogP contribution >= 0.6 is 27.3 Å². The van der Waals surface area contributed by atoms with Crippen molar-refractivity contribution in [3.63, 3.8) is 0 Å². The van der Waals surface area contributed by atoms with Crippen molar-refractivity contribution in [2.45, 2.75) is 0 Å². The smallest absolute Gasteiger partial charge is 0.340 e. The predicted octanol–water partition coefficient (Wildman–Crippen LogP) is 3.45. The minimum absolute atomic E-state index is 0.297. The summed E-state index contributed by atoms with van der Waals surface area (Å²) in [6, 6.07) is 7.76. The summed E-state index contributed by atoms with van der Waals surface area (Å²) >= 11 is 4.91. The van der Waals surface area contributed by atoms with Crippen LogP contribution in [0.4, 0.5) is 0 Å². The van der Waals surface area contributed by atoms with E-state index in [0.29, 0.717) is 5.56 Å². The van der Waals surface area contributed by atoms with E-state index in [1.165, 1.54) is 18.4 Å². The van der Waals surface area contributed by atoms with Crippen LogP contribution in [0.1, 0.15) is 10.4 Å². The molecule has 0 amide bonds. The molecule has 0 unspecified atom stereocenters. The first-order valence-corrected chi connectivity index (χ1v) is 5.60. The molecule has 0 saturated heterocycles. The number of hydrogen-bond acceptors (Lipinski definition) is 3. The molecule has 0 radical (unpaired) electrons. The van der Waals surface area contributed by atoms with Gasteiger partial charge in [0.15, 0.2) is 0 Å². The highest BCUT2D eigenvalue weighted by atomic mass is 79.9. The first-order chi connectivity index (χ1) is 6.74. The zero-order valence-corrected chi connectivity index (χ0v) is 9.81. The van der Waals surface area contributed by atoms with Crippen LogP contribution in [0.25, 0.3) is 10.1 Å². The van der Waals surface area contributed by atoms with E-state index in [9.17, 15) is 4.79 Å². The molecule has 0 aliphatic heterocycles. The highest BCUT2D eigenvalue weighted by Gasteiger charge is 2.17. The minimum atomic E-state index is -0.297. The van der Waals surface area contributed by atoms with Crippen molar-refractivity contribution in [3.05, 3.63) is 33.6 Å². The van der Waals surface area contributed by atoms with Crippen LogP contribution in [0.3, 0.4) is 0 Å². The van der Waals surface area contributed by atoms with Crippen molar-refractivity contribution >= 4 is 43.3 Å². The number of thiophene rings is 1. The SMILES string of the molecule is COC(=O)c1c(Br)sc2ccccc12. The molecule has 14 heavy (non-hydrogen) atoms. The van der Waals surface area contributed by atoms with E-state index >= 15 is 0 Å². The van der Waals surface area contributed by atoms with Crippen LogP contribution in [-0.2, 0) is 4.74 Å². The molecule has 2 rings (SSSR count). The first-order valence-electron chi connectivity index (χ1n) is 3.99. The van der Waals surface area contributed by atoms with Crippen molar-refractivity contribution in [2.75, 3.05) is 7.11 Å². The summed E-state index contributed by atoms with van der Waals surface area (Å²) in [7, 11) is 1.39. The number of benzene rings is 1. The van der Waals surface area contributed by atoms with Gasteiger partial charge in [0.25, 0.3) is 0 Å². The molecule has 0 bridgehead atoms. The fraction of sp³-hybridized carbons (Fsp3) is 0.100. The van der Waals surface area contributed by atoms with E-state index in [0.717, 1.165) is 13.9 Å². The third-order valence-corrected chi connectivity index (χ3v) is 3.78. The fourth-order valence-corrected chi connectivity index (χ4v) is 3.12. The summed E-state index contributed by atoms with van der Waals surface area (Å²) in [6.45, 7) is 0. The van der Waals surface area contributed by atoms with Crippen LogP contribution in [0.5, 0.6) is 0 Å². The predicted molar refractivity (Wildman–Crippen MR) is 60.9 cm³/mol. The summed E-state index contributed by atoms with van der Waals surface area (Å²) in [4.78, 5) is 11.5. The number of esters is 1. The van der Waals surface area contributed by atoms with Gasteiger partial charge in [-0.15, -0.1) is 11.3 Å². The second kappa shape index (κ2) is 3.71. The van der Waals surface area contributed by atoms with E-state index in [2.05, 4.69) is 15.9 Å². The van der Waals surface area contributed by atoms with Crippen LogP contribution < -0.4 is 0 Å². The monoisotopic (exact) mass is 270 g/mol. The van der Waals surface area contributed by atoms with Crippen LogP contribution in [0.2, 0.25) is 0 Å². The second-order valence-electron chi connectivity index (χ2n) is 2.74. The van der Waals surface area contributed by atoms with Gasteiger partial charge in [-0.05, 0) is 22.0 Å². The maximum atomic E-state index is 11.5. The van der Waals surface area contributed by atoms with Gasteiger partial charge in [0, 0.05) is 10.1 Å². The molecule has 0 atom stereocenters. The summed E-state index contributed by atoms with van der Waals surface area (Å²) in [6.07, 6.45) is 0. The molecule has 0 aliphatic carbocycles. The lowest BCUT2D eigenvalue weighted by atomic mass is 10.2. The van der Waals surface area contributed by atoms with Gasteiger partial charge in [0.05, 0.1) is 16.5 Å². The van der Waals surface area contributed by atoms with E-state index in [4.69, 9.17) is 4.74 Å². The van der Waals surface area contributed by atoms with Gasteiger partial charge in [-0.3, -0.25) is 0 Å². The molecular weight excluding hydrogens is 264 g/mol. The third-order valence-electron chi connectivity index (χ3n) is 1.94. The number of fused-ring (bicyclic) bond motifs is 1. The lowest BCUT2D eigenvalue weighted by molar-refractivity contribution is 0.0602. The molecule has 0 fully saturated rings. The zero-order chi connectivity index (χ0) is 10.1. The molecular formula is C10H7BrO2S. The number of carbonyl (C=O) groups excluding carboxylic acids is 1. The molecule has 1 aromatic heterocycles. The van der Waals surface area contributed by atoms with Crippen LogP contribution in [-0.4, -0.2) is 13.1 Å². The molecule has 0 spiro atoms. The average molecular weight is 271 g/mol. The quantitative estimate of drug-likeness (QED) is 0.742. The van der Waals surface area contributed by atoms with Gasteiger partial charge in [-0.25, -0.2) is 4.79 Å². The molecule has 2 nitrogen and oxygen atoms in total. The van der Waals surface area contributed by atoms with Crippen molar-refractivity contribution < 1.29 is 9.53 Å². The minimum Gasteiger partial charge on any atom is -0.465 e. The van der Waals surface area contributed by atoms with E-state index in [1.807, 2.05) is 24.3 Å². The first kappa shape index (κ1) is 9.68. The van der Waals surface area contributed by atoms with Crippen molar-refractivity contribution in [3.8, 4) is 0 Å². The summed E-state index contributed by atoms with van der Waals surface area (Å²) < 4.78 is 6.63. The zero-order valence-electron chi connectivity index (χ0n) is 7.41. The molecule has 0 saturated carbocycles. The molecule has 1 heterocycles. The molecule has 72 valence electrons. The maximum Gasteiger partial charge on any atom is 0.340 e. The Labute approximate surface area is 93.6 Å². The number of ether oxygens (including phenoxy) is 1. The Morgan fingerprint density at radius 1 is 1.43 bits per heavy atom. The normalized spacial score (nSPS) is 10.4. The molecule has 0 N–H and O–H groups in total. The molecule has 4 heteroatoms.